The molecule has 0 unspecified atom stereocenters. The highest BCUT2D eigenvalue weighted by atomic mass is 35.5. The average Bonchev–Trinajstić information content (AvgIpc) is 2.88. The maximum atomic E-state index is 6.12. The second-order valence-electron chi connectivity index (χ2n) is 4.29. The van der Waals surface area contributed by atoms with Gasteiger partial charge in [-0.25, -0.2) is 5.10 Å². The Labute approximate surface area is 141 Å². The Balaban J connectivity index is 2.01. The van der Waals surface area contributed by atoms with Gasteiger partial charge in [0.25, 0.3) is 0 Å². The van der Waals surface area contributed by atoms with Gasteiger partial charge in [0.05, 0.1) is 11.2 Å². The lowest BCUT2D eigenvalue weighted by Gasteiger charge is -2.01. The summed E-state index contributed by atoms with van der Waals surface area (Å²) >= 11 is 17.2. The van der Waals surface area contributed by atoms with E-state index >= 15 is 0 Å². The average molecular weight is 350 g/mol. The van der Waals surface area contributed by atoms with E-state index in [4.69, 9.17) is 35.4 Å². The van der Waals surface area contributed by atoms with Crippen molar-refractivity contribution in [3.63, 3.8) is 0 Å². The number of H-pyrrole nitrogens is 1. The van der Waals surface area contributed by atoms with Gasteiger partial charge in [-0.3, -0.25) is 4.98 Å². The molecule has 0 aliphatic carbocycles. The molecule has 0 aliphatic heterocycles. The summed E-state index contributed by atoms with van der Waals surface area (Å²) < 4.78 is 1.85. The summed E-state index contributed by atoms with van der Waals surface area (Å²) in [5.74, 6) is 0.520. The Kier molecular flexibility index (Phi) is 4.33. The van der Waals surface area contributed by atoms with Gasteiger partial charge in [0.2, 0.25) is 10.6 Å². The van der Waals surface area contributed by atoms with Crippen molar-refractivity contribution in [1.29, 1.82) is 0 Å². The number of hydrogen-bond acceptors (Lipinski definition) is 4. The molecule has 1 N–H and O–H groups in total. The van der Waals surface area contributed by atoms with E-state index in [1.165, 1.54) is 4.68 Å². The summed E-state index contributed by atoms with van der Waals surface area (Å²) in [7, 11) is 0. The molecule has 8 heteroatoms. The fourth-order valence-corrected chi connectivity index (χ4v) is 2.42. The number of benzene rings is 1. The van der Waals surface area contributed by atoms with Crippen molar-refractivity contribution in [3.8, 4) is 11.5 Å². The van der Waals surface area contributed by atoms with Crippen LogP contribution in [0.4, 0.5) is 0 Å². The molecule has 0 saturated carbocycles. The minimum absolute atomic E-state index is 0.363. The smallest absolute Gasteiger partial charge is 0.216 e. The van der Waals surface area contributed by atoms with Gasteiger partial charge in [-0.1, -0.05) is 35.3 Å². The molecule has 110 valence electrons. The van der Waals surface area contributed by atoms with Crippen molar-refractivity contribution < 1.29 is 0 Å². The van der Waals surface area contributed by atoms with Crippen molar-refractivity contribution in [3.05, 3.63) is 63.0 Å². The molecule has 2 aromatic heterocycles. The molecule has 3 aromatic rings. The first-order valence-corrected chi connectivity index (χ1v) is 7.40. The third kappa shape index (κ3) is 3.09. The number of hydrogen-bond donors (Lipinski definition) is 1. The third-order valence-corrected chi connectivity index (χ3v) is 3.65. The van der Waals surface area contributed by atoms with Crippen LogP contribution in [0.2, 0.25) is 10.0 Å². The van der Waals surface area contributed by atoms with E-state index in [9.17, 15) is 0 Å². The fourth-order valence-electron chi connectivity index (χ4n) is 1.79. The first-order chi connectivity index (χ1) is 10.6. The van der Waals surface area contributed by atoms with Crippen LogP contribution < -0.4 is 0 Å². The quantitative estimate of drug-likeness (QED) is 0.569. The van der Waals surface area contributed by atoms with Crippen LogP contribution in [-0.2, 0) is 0 Å². The SMILES string of the molecule is S=c1[nH]nc(-c2ccccn2)n1/N=C/c1ccc(Cl)cc1Cl. The molecular weight excluding hydrogens is 341 g/mol. The Morgan fingerprint density at radius 2 is 2.09 bits per heavy atom. The van der Waals surface area contributed by atoms with E-state index in [0.29, 0.717) is 26.3 Å². The first-order valence-electron chi connectivity index (χ1n) is 6.23. The molecule has 0 aliphatic rings. The minimum atomic E-state index is 0.363. The largest absolute Gasteiger partial charge is 0.253 e. The zero-order valence-electron chi connectivity index (χ0n) is 11.1. The van der Waals surface area contributed by atoms with Crippen LogP contribution in [0, 0.1) is 4.77 Å². The van der Waals surface area contributed by atoms with Crippen LogP contribution in [-0.4, -0.2) is 26.1 Å². The molecule has 2 heterocycles. The Morgan fingerprint density at radius 3 is 2.82 bits per heavy atom. The number of halogens is 2. The number of aromatic nitrogens is 4. The minimum Gasteiger partial charge on any atom is -0.253 e. The van der Waals surface area contributed by atoms with Crippen molar-refractivity contribution in [2.24, 2.45) is 5.10 Å². The Hall–Kier alpha value is -2.02. The zero-order chi connectivity index (χ0) is 15.5. The third-order valence-electron chi connectivity index (χ3n) is 2.82. The molecule has 0 fully saturated rings. The summed E-state index contributed by atoms with van der Waals surface area (Å²) in [6.45, 7) is 0. The number of rotatable bonds is 3. The lowest BCUT2D eigenvalue weighted by atomic mass is 10.2. The van der Waals surface area contributed by atoms with E-state index in [-0.39, 0.29) is 0 Å². The maximum absolute atomic E-state index is 6.12. The predicted octanol–water partition coefficient (Wildman–Crippen LogP) is 4.19. The lowest BCUT2D eigenvalue weighted by molar-refractivity contribution is 0.867. The van der Waals surface area contributed by atoms with Crippen molar-refractivity contribution in [2.75, 3.05) is 0 Å². The van der Waals surface area contributed by atoms with Crippen molar-refractivity contribution >= 4 is 41.6 Å². The molecule has 0 saturated heterocycles. The van der Waals surface area contributed by atoms with E-state index in [1.807, 2.05) is 18.2 Å². The highest BCUT2D eigenvalue weighted by Gasteiger charge is 2.08. The Bertz CT molecular complexity index is 886. The van der Waals surface area contributed by atoms with E-state index in [1.54, 1.807) is 30.6 Å². The standard InChI is InChI=1S/C14H9Cl2N5S/c15-10-5-4-9(11(16)7-10)8-18-21-13(19-20-14(21)22)12-3-1-2-6-17-12/h1-8H,(H,20,22)/b18-8+. The number of nitrogens with one attached hydrogen (secondary N) is 1. The zero-order valence-corrected chi connectivity index (χ0v) is 13.4. The van der Waals surface area contributed by atoms with E-state index in [2.05, 4.69) is 20.3 Å². The lowest BCUT2D eigenvalue weighted by Crippen LogP contribution is -1.96. The molecule has 5 nitrogen and oxygen atoms in total. The van der Waals surface area contributed by atoms with Crippen molar-refractivity contribution in [2.45, 2.75) is 0 Å². The number of pyridine rings is 1. The summed E-state index contributed by atoms with van der Waals surface area (Å²) in [5, 5.41) is 12.3. The number of nitrogens with zero attached hydrogens (tertiary/aromatic N) is 4. The summed E-state index contributed by atoms with van der Waals surface area (Å²) in [5.41, 5.74) is 1.38. The first kappa shape index (κ1) is 14.9. The number of aromatic amines is 1. The summed E-state index contributed by atoms with van der Waals surface area (Å²) in [6, 6.07) is 10.7. The maximum Gasteiger partial charge on any atom is 0.216 e. The second-order valence-corrected chi connectivity index (χ2v) is 5.52. The molecule has 1 aromatic carbocycles. The summed E-state index contributed by atoms with van der Waals surface area (Å²) in [6.07, 6.45) is 3.27. The van der Waals surface area contributed by atoms with Crippen LogP contribution >= 0.6 is 35.4 Å². The van der Waals surface area contributed by atoms with Crippen LogP contribution in [0.5, 0.6) is 0 Å². The molecular formula is C14H9Cl2N5S. The van der Waals surface area contributed by atoms with Gasteiger partial charge in [-0.15, -0.1) is 0 Å². The predicted molar refractivity (Wildman–Crippen MR) is 90.1 cm³/mol. The van der Waals surface area contributed by atoms with Gasteiger partial charge in [-0.2, -0.15) is 14.9 Å². The van der Waals surface area contributed by atoms with Gasteiger partial charge in [0, 0.05) is 16.8 Å². The fraction of sp³-hybridized carbons (Fsp3) is 0. The molecule has 0 amide bonds. The molecule has 22 heavy (non-hydrogen) atoms. The van der Waals surface area contributed by atoms with Gasteiger partial charge < -0.3 is 0 Å². The summed E-state index contributed by atoms with van der Waals surface area (Å²) in [4.78, 5) is 4.24. The molecule has 0 atom stereocenters. The topological polar surface area (TPSA) is 58.9 Å². The van der Waals surface area contributed by atoms with Crippen LogP contribution in [0.3, 0.4) is 0 Å². The highest BCUT2D eigenvalue weighted by molar-refractivity contribution is 7.71. The normalized spacial score (nSPS) is 11.2. The van der Waals surface area contributed by atoms with Crippen LogP contribution in [0.15, 0.2) is 47.7 Å². The molecule has 0 spiro atoms. The van der Waals surface area contributed by atoms with E-state index in [0.717, 1.165) is 5.56 Å². The molecule has 0 radical (unpaired) electrons. The Morgan fingerprint density at radius 1 is 1.23 bits per heavy atom. The highest BCUT2D eigenvalue weighted by Crippen LogP contribution is 2.20. The van der Waals surface area contributed by atoms with Crippen LogP contribution in [0.25, 0.3) is 11.5 Å². The van der Waals surface area contributed by atoms with E-state index < -0.39 is 0 Å². The van der Waals surface area contributed by atoms with Gasteiger partial charge in [-0.05, 0) is 36.5 Å². The molecule has 0 bridgehead atoms. The second kappa shape index (κ2) is 6.39. The van der Waals surface area contributed by atoms with Crippen molar-refractivity contribution in [1.82, 2.24) is 19.9 Å². The monoisotopic (exact) mass is 349 g/mol. The van der Waals surface area contributed by atoms with Gasteiger partial charge in [0.15, 0.2) is 0 Å². The van der Waals surface area contributed by atoms with Gasteiger partial charge in [0.1, 0.15) is 5.69 Å². The molecule has 3 rings (SSSR count). The van der Waals surface area contributed by atoms with Gasteiger partial charge >= 0.3 is 0 Å². The van der Waals surface area contributed by atoms with Crippen LogP contribution in [0.1, 0.15) is 5.56 Å².